The summed E-state index contributed by atoms with van der Waals surface area (Å²) >= 11 is 0. The van der Waals surface area contributed by atoms with Crippen LogP contribution in [-0.2, 0) is 9.63 Å². The molecule has 1 amide bonds. The van der Waals surface area contributed by atoms with Crippen molar-refractivity contribution in [2.45, 2.75) is 19.9 Å². The standard InChI is InChI=1S/C22H22N2O2/c1-16-7-9-18(10-8-16)14-23-26-15-22(25)24-17(2)20-12-11-19-5-3-4-6-21(19)13-20/h3-14,17H,15H2,1-2H3,(H,24,25)/b23-14-/t17-/m1/s1. The van der Waals surface area contributed by atoms with Gasteiger partial charge in [0.2, 0.25) is 0 Å². The Kier molecular flexibility index (Phi) is 5.64. The predicted molar refractivity (Wildman–Crippen MR) is 105 cm³/mol. The molecule has 132 valence electrons. The van der Waals surface area contributed by atoms with Crippen LogP contribution in [0.25, 0.3) is 10.8 Å². The summed E-state index contributed by atoms with van der Waals surface area (Å²) in [5, 5.41) is 9.12. The average Bonchev–Trinajstić information content (AvgIpc) is 2.66. The molecule has 26 heavy (non-hydrogen) atoms. The van der Waals surface area contributed by atoms with E-state index in [0.29, 0.717) is 0 Å². The summed E-state index contributed by atoms with van der Waals surface area (Å²) in [4.78, 5) is 17.1. The number of oxime groups is 1. The second kappa shape index (κ2) is 8.30. The lowest BCUT2D eigenvalue weighted by atomic mass is 10.0. The second-order valence-corrected chi connectivity index (χ2v) is 6.31. The fourth-order valence-corrected chi connectivity index (χ4v) is 2.69. The van der Waals surface area contributed by atoms with Crippen LogP contribution in [0, 0.1) is 6.92 Å². The van der Waals surface area contributed by atoms with Crippen LogP contribution >= 0.6 is 0 Å². The van der Waals surface area contributed by atoms with Gasteiger partial charge in [-0.2, -0.15) is 0 Å². The molecule has 4 nitrogen and oxygen atoms in total. The van der Waals surface area contributed by atoms with Crippen molar-refractivity contribution >= 4 is 22.9 Å². The lowest BCUT2D eigenvalue weighted by Gasteiger charge is -2.14. The quantitative estimate of drug-likeness (QED) is 0.532. The molecule has 0 unspecified atom stereocenters. The Bertz CT molecular complexity index is 917. The molecule has 0 aliphatic rings. The first-order valence-corrected chi connectivity index (χ1v) is 8.62. The number of hydrogen-bond donors (Lipinski definition) is 1. The maximum Gasteiger partial charge on any atom is 0.261 e. The van der Waals surface area contributed by atoms with Crippen LogP contribution in [0.2, 0.25) is 0 Å². The molecule has 3 rings (SSSR count). The van der Waals surface area contributed by atoms with Gasteiger partial charge in [-0.1, -0.05) is 71.4 Å². The van der Waals surface area contributed by atoms with Crippen molar-refractivity contribution in [3.63, 3.8) is 0 Å². The van der Waals surface area contributed by atoms with Crippen LogP contribution in [0.5, 0.6) is 0 Å². The van der Waals surface area contributed by atoms with E-state index < -0.39 is 0 Å². The largest absolute Gasteiger partial charge is 0.386 e. The number of aryl methyl sites for hydroxylation is 1. The molecular weight excluding hydrogens is 324 g/mol. The molecule has 0 heterocycles. The van der Waals surface area contributed by atoms with Crippen molar-refractivity contribution in [3.05, 3.63) is 83.4 Å². The van der Waals surface area contributed by atoms with Crippen molar-refractivity contribution in [3.8, 4) is 0 Å². The van der Waals surface area contributed by atoms with E-state index in [1.165, 1.54) is 10.9 Å². The minimum absolute atomic E-state index is 0.100. The van der Waals surface area contributed by atoms with Gasteiger partial charge < -0.3 is 10.2 Å². The summed E-state index contributed by atoms with van der Waals surface area (Å²) in [6.07, 6.45) is 1.60. The van der Waals surface area contributed by atoms with E-state index in [2.05, 4.69) is 34.7 Å². The molecule has 1 N–H and O–H groups in total. The molecule has 0 aliphatic heterocycles. The number of carbonyl (C=O) groups excluding carboxylic acids is 1. The van der Waals surface area contributed by atoms with Crippen molar-refractivity contribution in [2.24, 2.45) is 5.16 Å². The maximum absolute atomic E-state index is 12.0. The van der Waals surface area contributed by atoms with E-state index in [9.17, 15) is 4.79 Å². The van der Waals surface area contributed by atoms with Gasteiger partial charge in [0.1, 0.15) is 0 Å². The van der Waals surface area contributed by atoms with Crippen molar-refractivity contribution in [1.29, 1.82) is 0 Å². The van der Waals surface area contributed by atoms with E-state index in [1.54, 1.807) is 6.21 Å². The number of rotatable bonds is 6. The summed E-state index contributed by atoms with van der Waals surface area (Å²) in [6, 6.07) is 22.1. The highest BCUT2D eigenvalue weighted by molar-refractivity contribution is 5.83. The Morgan fingerprint density at radius 1 is 1.08 bits per heavy atom. The predicted octanol–water partition coefficient (Wildman–Crippen LogP) is 4.38. The van der Waals surface area contributed by atoms with Gasteiger partial charge in [-0.25, -0.2) is 0 Å². The number of nitrogens with zero attached hydrogens (tertiary/aromatic N) is 1. The van der Waals surface area contributed by atoms with Gasteiger partial charge >= 0.3 is 0 Å². The van der Waals surface area contributed by atoms with Crippen LogP contribution < -0.4 is 5.32 Å². The first-order chi connectivity index (χ1) is 12.6. The van der Waals surface area contributed by atoms with Gasteiger partial charge in [0.25, 0.3) is 5.91 Å². The van der Waals surface area contributed by atoms with Crippen LogP contribution in [-0.4, -0.2) is 18.7 Å². The monoisotopic (exact) mass is 346 g/mol. The van der Waals surface area contributed by atoms with E-state index in [-0.39, 0.29) is 18.6 Å². The number of fused-ring (bicyclic) bond motifs is 1. The SMILES string of the molecule is Cc1ccc(/C=N\OCC(=O)N[C@H](C)c2ccc3ccccc3c2)cc1. The summed E-state index contributed by atoms with van der Waals surface area (Å²) < 4.78 is 0. The summed E-state index contributed by atoms with van der Waals surface area (Å²) in [5.41, 5.74) is 3.17. The smallest absolute Gasteiger partial charge is 0.261 e. The Morgan fingerprint density at radius 2 is 1.81 bits per heavy atom. The second-order valence-electron chi connectivity index (χ2n) is 6.31. The lowest BCUT2D eigenvalue weighted by Crippen LogP contribution is -2.29. The van der Waals surface area contributed by atoms with Gasteiger partial charge in [0.15, 0.2) is 6.61 Å². The Morgan fingerprint density at radius 3 is 2.58 bits per heavy atom. The molecule has 0 aliphatic carbocycles. The lowest BCUT2D eigenvalue weighted by molar-refractivity contribution is -0.126. The molecule has 1 atom stereocenters. The molecule has 0 aromatic heterocycles. The van der Waals surface area contributed by atoms with E-state index >= 15 is 0 Å². The van der Waals surface area contributed by atoms with Crippen molar-refractivity contribution in [2.75, 3.05) is 6.61 Å². The van der Waals surface area contributed by atoms with Crippen molar-refractivity contribution < 1.29 is 9.63 Å². The molecule has 3 aromatic carbocycles. The van der Waals surface area contributed by atoms with Gasteiger partial charge in [0, 0.05) is 0 Å². The van der Waals surface area contributed by atoms with Crippen LogP contribution in [0.4, 0.5) is 0 Å². The summed E-state index contributed by atoms with van der Waals surface area (Å²) in [5.74, 6) is -0.202. The molecule has 4 heteroatoms. The Hall–Kier alpha value is -3.14. The number of carbonyl (C=O) groups is 1. The third kappa shape index (κ3) is 4.70. The van der Waals surface area contributed by atoms with E-state index in [4.69, 9.17) is 4.84 Å². The summed E-state index contributed by atoms with van der Waals surface area (Å²) in [6.45, 7) is 3.87. The minimum atomic E-state index is -0.202. The third-order valence-electron chi connectivity index (χ3n) is 4.20. The van der Waals surface area contributed by atoms with Crippen LogP contribution in [0.3, 0.4) is 0 Å². The molecule has 0 saturated carbocycles. The minimum Gasteiger partial charge on any atom is -0.386 e. The van der Waals surface area contributed by atoms with E-state index in [0.717, 1.165) is 16.5 Å². The zero-order valence-electron chi connectivity index (χ0n) is 15.0. The topological polar surface area (TPSA) is 50.7 Å². The van der Waals surface area contributed by atoms with E-state index in [1.807, 2.05) is 56.3 Å². The van der Waals surface area contributed by atoms with Crippen molar-refractivity contribution in [1.82, 2.24) is 5.32 Å². The molecule has 0 radical (unpaired) electrons. The molecule has 0 bridgehead atoms. The molecule has 3 aromatic rings. The van der Waals surface area contributed by atoms with Crippen LogP contribution in [0.15, 0.2) is 71.9 Å². The molecular formula is C22H22N2O2. The summed E-state index contributed by atoms with van der Waals surface area (Å²) in [7, 11) is 0. The molecule has 0 saturated heterocycles. The van der Waals surface area contributed by atoms with Gasteiger partial charge in [0.05, 0.1) is 12.3 Å². The normalized spacial score (nSPS) is 12.2. The zero-order chi connectivity index (χ0) is 18.4. The Balaban J connectivity index is 1.51. The number of amides is 1. The fourth-order valence-electron chi connectivity index (χ4n) is 2.69. The number of hydrogen-bond acceptors (Lipinski definition) is 3. The average molecular weight is 346 g/mol. The zero-order valence-corrected chi connectivity index (χ0v) is 15.0. The Labute approximate surface area is 153 Å². The number of nitrogens with one attached hydrogen (secondary N) is 1. The highest BCUT2D eigenvalue weighted by atomic mass is 16.6. The molecule has 0 spiro atoms. The third-order valence-corrected chi connectivity index (χ3v) is 4.20. The van der Waals surface area contributed by atoms with Gasteiger partial charge in [-0.3, -0.25) is 4.79 Å². The van der Waals surface area contributed by atoms with Gasteiger partial charge in [-0.05, 0) is 41.8 Å². The first-order valence-electron chi connectivity index (χ1n) is 8.62. The van der Waals surface area contributed by atoms with Crippen LogP contribution in [0.1, 0.15) is 29.7 Å². The maximum atomic E-state index is 12.0. The molecule has 0 fully saturated rings. The first kappa shape index (κ1) is 17.7. The number of benzene rings is 3. The fraction of sp³-hybridized carbons (Fsp3) is 0.182. The van der Waals surface area contributed by atoms with Gasteiger partial charge in [-0.15, -0.1) is 0 Å². The highest BCUT2D eigenvalue weighted by Crippen LogP contribution is 2.20. The highest BCUT2D eigenvalue weighted by Gasteiger charge is 2.10.